The van der Waals surface area contributed by atoms with Crippen LogP contribution < -0.4 is 25.1 Å². The van der Waals surface area contributed by atoms with E-state index in [1.165, 1.54) is 0 Å². The molecule has 9 heteroatoms. The van der Waals surface area contributed by atoms with Crippen molar-refractivity contribution in [3.63, 3.8) is 0 Å². The Bertz CT molecular complexity index is 1220. The number of nitrogens with one attached hydrogen (secondary N) is 2. The van der Waals surface area contributed by atoms with E-state index in [-0.39, 0.29) is 24.2 Å². The van der Waals surface area contributed by atoms with Gasteiger partial charge in [0.1, 0.15) is 5.75 Å². The van der Waals surface area contributed by atoms with Crippen molar-refractivity contribution >= 4 is 22.6 Å². The number of anilines is 1. The average Bonchev–Trinajstić information content (AvgIpc) is 3.36. The predicted octanol–water partition coefficient (Wildman–Crippen LogP) is 3.77. The maximum Gasteiger partial charge on any atom is 0.322 e. The van der Waals surface area contributed by atoms with Crippen LogP contribution in [0.1, 0.15) is 18.4 Å². The van der Waals surface area contributed by atoms with E-state index in [9.17, 15) is 9.59 Å². The zero-order chi connectivity index (χ0) is 24.1. The van der Waals surface area contributed by atoms with E-state index >= 15 is 0 Å². The van der Waals surface area contributed by atoms with Crippen LogP contribution in [0.25, 0.3) is 10.9 Å². The number of aromatic amines is 1. The number of carbonyl (C=O) groups excluding carboxylic acids is 1. The third-order valence-corrected chi connectivity index (χ3v) is 5.87. The Hall–Kier alpha value is -3.72. The monoisotopic (exact) mass is 467 g/mol. The highest BCUT2D eigenvalue weighted by atomic mass is 16.5. The topological polar surface area (TPSA) is 102 Å². The molecule has 1 saturated heterocycles. The second kappa shape index (κ2) is 10.5. The van der Waals surface area contributed by atoms with Crippen LogP contribution in [0.15, 0.2) is 47.3 Å². The fourth-order valence-electron chi connectivity index (χ4n) is 4.10. The summed E-state index contributed by atoms with van der Waals surface area (Å²) < 4.78 is 21.8. The minimum atomic E-state index is -0.341. The standard InChI is InChI=1S/C25H29N3O6/c1-31-21-9-5-4-8-19(21)27-25(30)28(15-18-7-6-10-34-18)14-17-11-16-12-22(32-2)23(33-3)13-20(16)26-24(17)29/h4-5,8-9,11-13,18H,6-7,10,14-15H2,1-3H3,(H,26,29)(H,27,30)/t18-/m0/s1. The number of H-pyrrole nitrogens is 1. The van der Waals surface area contributed by atoms with Crippen LogP contribution in [0.3, 0.4) is 0 Å². The molecule has 2 heterocycles. The largest absolute Gasteiger partial charge is 0.495 e. The van der Waals surface area contributed by atoms with Crippen molar-refractivity contribution < 1.29 is 23.7 Å². The molecule has 0 saturated carbocycles. The molecule has 2 N–H and O–H groups in total. The van der Waals surface area contributed by atoms with Crippen LogP contribution in [0.2, 0.25) is 0 Å². The predicted molar refractivity (Wildman–Crippen MR) is 129 cm³/mol. The molecular weight excluding hydrogens is 438 g/mol. The molecule has 0 bridgehead atoms. The normalized spacial score (nSPS) is 15.2. The van der Waals surface area contributed by atoms with Crippen molar-refractivity contribution in [1.82, 2.24) is 9.88 Å². The molecule has 9 nitrogen and oxygen atoms in total. The van der Waals surface area contributed by atoms with Crippen LogP contribution >= 0.6 is 0 Å². The molecule has 0 unspecified atom stereocenters. The summed E-state index contributed by atoms with van der Waals surface area (Å²) in [5.74, 6) is 1.63. The first-order valence-electron chi connectivity index (χ1n) is 11.1. The Morgan fingerprint density at radius 3 is 2.53 bits per heavy atom. The molecule has 180 valence electrons. The first-order valence-corrected chi connectivity index (χ1v) is 11.1. The number of hydrogen-bond donors (Lipinski definition) is 2. The van der Waals surface area contributed by atoms with Gasteiger partial charge in [-0.1, -0.05) is 12.1 Å². The van der Waals surface area contributed by atoms with Crippen LogP contribution in [-0.2, 0) is 11.3 Å². The molecule has 0 aliphatic carbocycles. The maximum absolute atomic E-state index is 13.3. The first kappa shape index (κ1) is 23.4. The molecule has 1 aliphatic rings. The van der Waals surface area contributed by atoms with Gasteiger partial charge < -0.3 is 34.1 Å². The van der Waals surface area contributed by atoms with Gasteiger partial charge in [-0.15, -0.1) is 0 Å². The number of urea groups is 1. The zero-order valence-electron chi connectivity index (χ0n) is 19.6. The second-order valence-corrected chi connectivity index (χ2v) is 8.06. The van der Waals surface area contributed by atoms with Crippen molar-refractivity contribution in [2.75, 3.05) is 39.8 Å². The number of para-hydroxylation sites is 2. The molecular formula is C25H29N3O6. The number of hydrogen-bond acceptors (Lipinski definition) is 6. The fourth-order valence-corrected chi connectivity index (χ4v) is 4.10. The van der Waals surface area contributed by atoms with Gasteiger partial charge in [-0.25, -0.2) is 4.79 Å². The zero-order valence-corrected chi connectivity index (χ0v) is 19.6. The van der Waals surface area contributed by atoms with Gasteiger partial charge in [0.05, 0.1) is 45.2 Å². The molecule has 34 heavy (non-hydrogen) atoms. The summed E-state index contributed by atoms with van der Waals surface area (Å²) in [7, 11) is 4.65. The van der Waals surface area contributed by atoms with Gasteiger partial charge in [-0.05, 0) is 37.1 Å². The first-order chi connectivity index (χ1) is 16.5. The SMILES string of the molecule is COc1ccccc1NC(=O)N(Cc1cc2cc(OC)c(OC)cc2[nH]c1=O)C[C@@H]1CCCO1. The van der Waals surface area contributed by atoms with E-state index in [2.05, 4.69) is 10.3 Å². The van der Waals surface area contributed by atoms with Crippen LogP contribution in [-0.4, -0.2) is 56.5 Å². The number of pyridine rings is 1. The van der Waals surface area contributed by atoms with E-state index in [0.717, 1.165) is 18.2 Å². The molecule has 1 aliphatic heterocycles. The van der Waals surface area contributed by atoms with Crippen molar-refractivity contribution in [2.24, 2.45) is 0 Å². The van der Waals surface area contributed by atoms with Gasteiger partial charge in [0.15, 0.2) is 11.5 Å². The summed E-state index contributed by atoms with van der Waals surface area (Å²) in [6.07, 6.45) is 1.74. The van der Waals surface area contributed by atoms with E-state index in [1.54, 1.807) is 56.6 Å². The molecule has 0 spiro atoms. The van der Waals surface area contributed by atoms with E-state index in [1.807, 2.05) is 12.1 Å². The third-order valence-electron chi connectivity index (χ3n) is 5.87. The minimum absolute atomic E-state index is 0.0766. The average molecular weight is 468 g/mol. The lowest BCUT2D eigenvalue weighted by Crippen LogP contribution is -2.40. The molecule has 1 atom stereocenters. The number of fused-ring (bicyclic) bond motifs is 1. The highest BCUT2D eigenvalue weighted by Crippen LogP contribution is 2.31. The van der Waals surface area contributed by atoms with Gasteiger partial charge >= 0.3 is 6.03 Å². The number of nitrogens with zero attached hydrogens (tertiary/aromatic N) is 1. The molecule has 2 amide bonds. The smallest absolute Gasteiger partial charge is 0.322 e. The van der Waals surface area contributed by atoms with Crippen LogP contribution in [0.5, 0.6) is 17.2 Å². The summed E-state index contributed by atoms with van der Waals surface area (Å²) in [4.78, 5) is 30.7. The van der Waals surface area contributed by atoms with Crippen molar-refractivity contribution in [3.8, 4) is 17.2 Å². The summed E-state index contributed by atoms with van der Waals surface area (Å²) in [5, 5.41) is 3.68. The third kappa shape index (κ3) is 5.09. The highest BCUT2D eigenvalue weighted by Gasteiger charge is 2.24. The Balaban J connectivity index is 1.64. The minimum Gasteiger partial charge on any atom is -0.495 e. The number of amides is 2. The van der Waals surface area contributed by atoms with Gasteiger partial charge in [-0.3, -0.25) is 4.79 Å². The lowest BCUT2D eigenvalue weighted by atomic mass is 10.1. The summed E-state index contributed by atoms with van der Waals surface area (Å²) in [5.41, 5.74) is 1.35. The van der Waals surface area contributed by atoms with Crippen molar-refractivity contribution in [3.05, 3.63) is 58.4 Å². The van der Waals surface area contributed by atoms with Crippen LogP contribution in [0, 0.1) is 0 Å². The number of ether oxygens (including phenoxy) is 4. The molecule has 4 rings (SSSR count). The maximum atomic E-state index is 13.3. The number of aromatic nitrogens is 1. The fraction of sp³-hybridized carbons (Fsp3) is 0.360. The second-order valence-electron chi connectivity index (χ2n) is 8.06. The molecule has 1 fully saturated rings. The Morgan fingerprint density at radius 2 is 1.82 bits per heavy atom. The number of methoxy groups -OCH3 is 3. The van der Waals surface area contributed by atoms with Gasteiger partial charge in [0.2, 0.25) is 0 Å². The van der Waals surface area contributed by atoms with Gasteiger partial charge in [0.25, 0.3) is 5.56 Å². The Morgan fingerprint density at radius 1 is 1.09 bits per heavy atom. The van der Waals surface area contributed by atoms with E-state index in [4.69, 9.17) is 18.9 Å². The Kier molecular flexibility index (Phi) is 7.22. The lowest BCUT2D eigenvalue weighted by molar-refractivity contribution is 0.0818. The van der Waals surface area contributed by atoms with Gasteiger partial charge in [0, 0.05) is 30.2 Å². The quantitative estimate of drug-likeness (QED) is 0.523. The summed E-state index contributed by atoms with van der Waals surface area (Å²) in [6.45, 7) is 1.15. The van der Waals surface area contributed by atoms with Crippen molar-refractivity contribution in [1.29, 1.82) is 0 Å². The number of benzene rings is 2. The Labute approximate surface area is 197 Å². The summed E-state index contributed by atoms with van der Waals surface area (Å²) >= 11 is 0. The highest BCUT2D eigenvalue weighted by molar-refractivity contribution is 5.91. The molecule has 1 aromatic heterocycles. The number of rotatable bonds is 8. The lowest BCUT2D eigenvalue weighted by Gasteiger charge is -2.26. The van der Waals surface area contributed by atoms with E-state index < -0.39 is 0 Å². The van der Waals surface area contributed by atoms with E-state index in [0.29, 0.717) is 47.2 Å². The van der Waals surface area contributed by atoms with Crippen molar-refractivity contribution in [2.45, 2.75) is 25.5 Å². The molecule has 3 aromatic rings. The number of carbonyl (C=O) groups is 1. The van der Waals surface area contributed by atoms with Crippen LogP contribution in [0.4, 0.5) is 10.5 Å². The molecule has 2 aromatic carbocycles. The van der Waals surface area contributed by atoms with Gasteiger partial charge in [-0.2, -0.15) is 0 Å². The molecule has 0 radical (unpaired) electrons. The summed E-state index contributed by atoms with van der Waals surface area (Å²) in [6, 6.07) is 12.1.